The van der Waals surface area contributed by atoms with Gasteiger partial charge in [0.25, 0.3) is 5.91 Å². The van der Waals surface area contributed by atoms with Gasteiger partial charge in [-0.2, -0.15) is 26.3 Å². The molecule has 168 valence electrons. The molecule has 1 aliphatic rings. The number of esters is 1. The van der Waals surface area contributed by atoms with Crippen LogP contribution in [0.25, 0.3) is 0 Å². The van der Waals surface area contributed by atoms with Gasteiger partial charge in [0.2, 0.25) is 6.79 Å². The minimum Gasteiger partial charge on any atom is -0.461 e. The van der Waals surface area contributed by atoms with Crippen LogP contribution in [0.15, 0.2) is 18.2 Å². The predicted molar refractivity (Wildman–Crippen MR) is 90.0 cm³/mol. The highest BCUT2D eigenvalue weighted by Crippen LogP contribution is 2.47. The maximum absolute atomic E-state index is 14.2. The Kier molecular flexibility index (Phi) is 6.48. The van der Waals surface area contributed by atoms with Crippen LogP contribution in [0.1, 0.15) is 19.4 Å². The molecule has 0 N–H and O–H groups in total. The summed E-state index contributed by atoms with van der Waals surface area (Å²) in [6.07, 6.45) is -0.0746. The van der Waals surface area contributed by atoms with Crippen molar-refractivity contribution in [3.63, 3.8) is 0 Å². The predicted octanol–water partition coefficient (Wildman–Crippen LogP) is 3.27. The van der Waals surface area contributed by atoms with Gasteiger partial charge in [0.05, 0.1) is 6.61 Å². The summed E-state index contributed by atoms with van der Waals surface area (Å²) in [6.45, 7) is 1.54. The monoisotopic (exact) mass is 443 g/mol. The van der Waals surface area contributed by atoms with Gasteiger partial charge in [-0.3, -0.25) is 4.79 Å². The number of rotatable bonds is 8. The SMILES string of the molecule is CCOC(=O)C(F)(F)C(F)(F)C(F)(F)C(=O)N(C)C(C)Cc1ccc2c(c1)OCO2. The third kappa shape index (κ3) is 3.99. The van der Waals surface area contributed by atoms with Crippen LogP contribution in [0.5, 0.6) is 11.5 Å². The van der Waals surface area contributed by atoms with Crippen LogP contribution >= 0.6 is 0 Å². The first-order valence-electron chi connectivity index (χ1n) is 8.73. The van der Waals surface area contributed by atoms with E-state index in [1.165, 1.54) is 19.1 Å². The molecular formula is C18H19F6NO5. The number of hydrogen-bond acceptors (Lipinski definition) is 5. The zero-order valence-electron chi connectivity index (χ0n) is 16.2. The average Bonchev–Trinajstić information content (AvgIpc) is 3.14. The van der Waals surface area contributed by atoms with E-state index in [4.69, 9.17) is 9.47 Å². The summed E-state index contributed by atoms with van der Waals surface area (Å²) in [6, 6.07) is 3.51. The molecule has 2 rings (SSSR count). The fourth-order valence-corrected chi connectivity index (χ4v) is 2.65. The van der Waals surface area contributed by atoms with Crippen LogP contribution in [0.2, 0.25) is 0 Å². The molecule has 0 spiro atoms. The molecule has 6 nitrogen and oxygen atoms in total. The number of carbonyl (C=O) groups excluding carboxylic acids is 2. The smallest absolute Gasteiger partial charge is 0.411 e. The van der Waals surface area contributed by atoms with Crippen LogP contribution in [0, 0.1) is 0 Å². The Bertz CT molecular complexity index is 816. The summed E-state index contributed by atoms with van der Waals surface area (Å²) in [7, 11) is 0.770. The molecule has 1 amide bonds. The molecule has 0 fully saturated rings. The van der Waals surface area contributed by atoms with Crippen molar-refractivity contribution >= 4 is 11.9 Å². The number of halogens is 6. The van der Waals surface area contributed by atoms with E-state index in [-0.39, 0.29) is 18.1 Å². The minimum atomic E-state index is -6.31. The second-order valence-electron chi connectivity index (χ2n) is 6.60. The first kappa shape index (κ1) is 23.6. The third-order valence-electron chi connectivity index (χ3n) is 4.54. The average molecular weight is 443 g/mol. The number of fused-ring (bicyclic) bond motifs is 1. The van der Waals surface area contributed by atoms with Crippen molar-refractivity contribution in [2.45, 2.75) is 44.1 Å². The van der Waals surface area contributed by atoms with E-state index in [2.05, 4.69) is 4.74 Å². The number of likely N-dealkylation sites (N-methyl/N-ethyl adjacent to an activating group) is 1. The quantitative estimate of drug-likeness (QED) is 0.456. The van der Waals surface area contributed by atoms with Gasteiger partial charge < -0.3 is 19.1 Å². The molecule has 1 aromatic rings. The maximum atomic E-state index is 14.2. The van der Waals surface area contributed by atoms with E-state index in [1.807, 2.05) is 0 Å². The molecule has 0 aliphatic carbocycles. The number of alkyl halides is 6. The van der Waals surface area contributed by atoms with Gasteiger partial charge >= 0.3 is 23.7 Å². The first-order chi connectivity index (χ1) is 13.8. The van der Waals surface area contributed by atoms with E-state index >= 15 is 0 Å². The van der Waals surface area contributed by atoms with E-state index in [1.54, 1.807) is 6.07 Å². The van der Waals surface area contributed by atoms with Gasteiger partial charge in [0, 0.05) is 13.1 Å². The Hall–Kier alpha value is -2.66. The third-order valence-corrected chi connectivity index (χ3v) is 4.54. The molecule has 1 unspecified atom stereocenters. The Morgan fingerprint density at radius 3 is 2.30 bits per heavy atom. The van der Waals surface area contributed by atoms with Crippen molar-refractivity contribution in [3.05, 3.63) is 23.8 Å². The number of amides is 1. The molecule has 1 heterocycles. The first-order valence-corrected chi connectivity index (χ1v) is 8.73. The lowest BCUT2D eigenvalue weighted by atomic mass is 10.0. The number of ether oxygens (including phenoxy) is 3. The Morgan fingerprint density at radius 2 is 1.70 bits per heavy atom. The van der Waals surface area contributed by atoms with Crippen molar-refractivity contribution in [3.8, 4) is 11.5 Å². The van der Waals surface area contributed by atoms with Crippen molar-refractivity contribution < 1.29 is 50.1 Å². The van der Waals surface area contributed by atoms with Gasteiger partial charge in [-0.25, -0.2) is 4.79 Å². The molecule has 0 radical (unpaired) electrons. The molecular weight excluding hydrogens is 424 g/mol. The molecule has 1 aromatic carbocycles. The van der Waals surface area contributed by atoms with Gasteiger partial charge in [-0.15, -0.1) is 0 Å². The van der Waals surface area contributed by atoms with Crippen LogP contribution in [-0.4, -0.2) is 61.0 Å². The molecule has 0 aromatic heterocycles. The van der Waals surface area contributed by atoms with E-state index < -0.39 is 42.3 Å². The minimum absolute atomic E-state index is 0.0112. The number of carbonyl (C=O) groups is 2. The van der Waals surface area contributed by atoms with Gasteiger partial charge in [-0.1, -0.05) is 6.07 Å². The fourth-order valence-electron chi connectivity index (χ4n) is 2.65. The second kappa shape index (κ2) is 8.23. The van der Waals surface area contributed by atoms with E-state index in [0.29, 0.717) is 17.1 Å². The van der Waals surface area contributed by atoms with Gasteiger partial charge in [-0.05, 0) is 38.0 Å². The van der Waals surface area contributed by atoms with E-state index in [9.17, 15) is 35.9 Å². The van der Waals surface area contributed by atoms with Crippen LogP contribution in [-0.2, 0) is 20.7 Å². The summed E-state index contributed by atoms with van der Waals surface area (Å²) >= 11 is 0. The summed E-state index contributed by atoms with van der Waals surface area (Å²) in [5.74, 6) is -22.7. The molecule has 0 saturated carbocycles. The Labute approximate surface area is 167 Å². The maximum Gasteiger partial charge on any atom is 0.411 e. The summed E-state index contributed by atoms with van der Waals surface area (Å²) < 4.78 is 97.5. The van der Waals surface area contributed by atoms with Crippen LogP contribution in [0.3, 0.4) is 0 Å². The second-order valence-corrected chi connectivity index (χ2v) is 6.60. The number of hydrogen-bond donors (Lipinski definition) is 0. The van der Waals surface area contributed by atoms with Crippen molar-refractivity contribution in [2.24, 2.45) is 0 Å². The van der Waals surface area contributed by atoms with Crippen molar-refractivity contribution in [1.29, 1.82) is 0 Å². The van der Waals surface area contributed by atoms with E-state index in [0.717, 1.165) is 14.0 Å². The highest BCUT2D eigenvalue weighted by molar-refractivity contribution is 5.88. The lowest BCUT2D eigenvalue weighted by Gasteiger charge is -2.34. The standard InChI is InChI=1S/C18H19F6NO5/c1-4-28-15(27)17(21,22)18(23,24)16(19,20)14(26)25(3)10(2)7-11-5-6-12-13(8-11)30-9-29-12/h5-6,8,10H,4,7,9H2,1-3H3. The number of nitrogens with zero attached hydrogens (tertiary/aromatic N) is 1. The lowest BCUT2D eigenvalue weighted by molar-refractivity contribution is -0.297. The Morgan fingerprint density at radius 1 is 1.10 bits per heavy atom. The topological polar surface area (TPSA) is 65.1 Å². The number of benzene rings is 1. The highest BCUT2D eigenvalue weighted by atomic mass is 19.3. The molecule has 0 bridgehead atoms. The molecule has 1 aliphatic heterocycles. The molecule has 0 saturated heterocycles. The molecule has 1 atom stereocenters. The zero-order valence-corrected chi connectivity index (χ0v) is 16.2. The lowest BCUT2D eigenvalue weighted by Crippen LogP contribution is -2.64. The fraction of sp³-hybridized carbons (Fsp3) is 0.556. The molecule has 12 heteroatoms. The summed E-state index contributed by atoms with van der Waals surface area (Å²) in [5, 5.41) is 0. The Balaban J connectivity index is 2.18. The zero-order chi connectivity index (χ0) is 22.9. The summed E-state index contributed by atoms with van der Waals surface area (Å²) in [4.78, 5) is 23.3. The highest BCUT2D eigenvalue weighted by Gasteiger charge is 2.79. The van der Waals surface area contributed by atoms with Crippen molar-refractivity contribution in [2.75, 3.05) is 20.4 Å². The normalized spacial score (nSPS) is 15.0. The molecule has 30 heavy (non-hydrogen) atoms. The van der Waals surface area contributed by atoms with Crippen LogP contribution < -0.4 is 9.47 Å². The van der Waals surface area contributed by atoms with Crippen LogP contribution in [0.4, 0.5) is 26.3 Å². The largest absolute Gasteiger partial charge is 0.461 e. The van der Waals surface area contributed by atoms with Crippen molar-refractivity contribution in [1.82, 2.24) is 4.90 Å². The van der Waals surface area contributed by atoms with Gasteiger partial charge in [0.1, 0.15) is 0 Å². The summed E-state index contributed by atoms with van der Waals surface area (Å²) in [5.41, 5.74) is 0.498. The van der Waals surface area contributed by atoms with Gasteiger partial charge in [0.15, 0.2) is 11.5 Å².